The van der Waals surface area contributed by atoms with E-state index in [-0.39, 0.29) is 17.2 Å². The normalized spacial score (nSPS) is 21.0. The van der Waals surface area contributed by atoms with E-state index in [1.807, 2.05) is 17.0 Å². The van der Waals surface area contributed by atoms with Crippen molar-refractivity contribution in [2.75, 3.05) is 39.4 Å². The van der Waals surface area contributed by atoms with E-state index in [1.165, 1.54) is 5.56 Å². The van der Waals surface area contributed by atoms with Gasteiger partial charge in [-0.25, -0.2) is 0 Å². The van der Waals surface area contributed by atoms with Crippen LogP contribution in [0.15, 0.2) is 28.8 Å². The van der Waals surface area contributed by atoms with Crippen LogP contribution >= 0.6 is 0 Å². The molecule has 1 amide bonds. The number of rotatable bonds is 4. The smallest absolute Gasteiger partial charge is 0.241 e. The maximum atomic E-state index is 12.8. The molecule has 0 bridgehead atoms. The summed E-state index contributed by atoms with van der Waals surface area (Å²) in [5.74, 6) is 1.52. The van der Waals surface area contributed by atoms with Gasteiger partial charge in [0.25, 0.3) is 0 Å². The van der Waals surface area contributed by atoms with E-state index in [0.717, 1.165) is 31.5 Å². The molecule has 1 atom stereocenters. The summed E-state index contributed by atoms with van der Waals surface area (Å²) >= 11 is 0. The van der Waals surface area contributed by atoms with Crippen molar-refractivity contribution in [2.45, 2.75) is 45.6 Å². The molecule has 0 spiro atoms. The number of piperidine rings is 1. The lowest BCUT2D eigenvalue weighted by atomic mass is 9.87. The summed E-state index contributed by atoms with van der Waals surface area (Å²) in [6.07, 6.45) is 1.96. The third-order valence-corrected chi connectivity index (χ3v) is 6.01. The molecular formula is C23H32N4O3. The van der Waals surface area contributed by atoms with Crippen LogP contribution in [0.4, 0.5) is 0 Å². The Morgan fingerprint density at radius 3 is 2.57 bits per heavy atom. The van der Waals surface area contributed by atoms with Gasteiger partial charge in [-0.3, -0.25) is 9.69 Å². The van der Waals surface area contributed by atoms with Crippen LogP contribution in [0.2, 0.25) is 0 Å². The average molecular weight is 413 g/mol. The number of amides is 1. The van der Waals surface area contributed by atoms with Crippen LogP contribution in [-0.2, 0) is 21.5 Å². The molecule has 4 rings (SSSR count). The highest BCUT2D eigenvalue weighted by Crippen LogP contribution is 2.26. The summed E-state index contributed by atoms with van der Waals surface area (Å²) in [5.41, 5.74) is 2.35. The number of hydrogen-bond acceptors (Lipinski definition) is 6. The number of nitrogens with zero attached hydrogens (tertiary/aromatic N) is 4. The Morgan fingerprint density at radius 1 is 1.13 bits per heavy atom. The summed E-state index contributed by atoms with van der Waals surface area (Å²) in [6, 6.07) is 8.34. The number of carbonyl (C=O) groups excluding carboxylic acids is 1. The Kier molecular flexibility index (Phi) is 6.20. The number of benzene rings is 1. The van der Waals surface area contributed by atoms with Gasteiger partial charge in [0.2, 0.25) is 17.6 Å². The monoisotopic (exact) mass is 412 g/mol. The zero-order chi connectivity index (χ0) is 21.1. The van der Waals surface area contributed by atoms with Gasteiger partial charge in [0.05, 0.1) is 25.7 Å². The van der Waals surface area contributed by atoms with Gasteiger partial charge in [-0.05, 0) is 30.4 Å². The molecule has 0 radical (unpaired) electrons. The van der Waals surface area contributed by atoms with Gasteiger partial charge in [0.15, 0.2) is 0 Å². The first-order chi connectivity index (χ1) is 14.4. The number of likely N-dealkylation sites (tertiary alicyclic amines) is 1. The fourth-order valence-electron chi connectivity index (χ4n) is 4.19. The Bertz CT molecular complexity index is 850. The molecule has 2 aliphatic rings. The van der Waals surface area contributed by atoms with Gasteiger partial charge < -0.3 is 14.2 Å². The molecule has 2 aromatic rings. The predicted octanol–water partition coefficient (Wildman–Crippen LogP) is 3.10. The fourth-order valence-corrected chi connectivity index (χ4v) is 4.19. The van der Waals surface area contributed by atoms with E-state index >= 15 is 0 Å². The molecular weight excluding hydrogens is 380 g/mol. The average Bonchev–Trinajstić information content (AvgIpc) is 3.22. The number of aromatic nitrogens is 2. The van der Waals surface area contributed by atoms with Crippen molar-refractivity contribution in [1.29, 1.82) is 0 Å². The third kappa shape index (κ3) is 4.90. The van der Waals surface area contributed by atoms with Gasteiger partial charge in [0.1, 0.15) is 0 Å². The molecule has 2 aliphatic heterocycles. The van der Waals surface area contributed by atoms with E-state index in [1.54, 1.807) is 0 Å². The molecule has 0 aliphatic carbocycles. The summed E-state index contributed by atoms with van der Waals surface area (Å²) in [6.45, 7) is 11.6. The Morgan fingerprint density at radius 2 is 1.87 bits per heavy atom. The van der Waals surface area contributed by atoms with Gasteiger partial charge in [-0.2, -0.15) is 4.98 Å². The van der Waals surface area contributed by atoms with Gasteiger partial charge in [-0.1, -0.05) is 50.2 Å². The van der Waals surface area contributed by atoms with E-state index in [0.29, 0.717) is 44.6 Å². The topological polar surface area (TPSA) is 71.7 Å². The van der Waals surface area contributed by atoms with E-state index in [2.05, 4.69) is 47.9 Å². The maximum absolute atomic E-state index is 12.8. The zero-order valence-corrected chi connectivity index (χ0v) is 18.3. The second-order valence-electron chi connectivity index (χ2n) is 9.35. The van der Waals surface area contributed by atoms with Crippen LogP contribution in [0, 0.1) is 5.92 Å². The van der Waals surface area contributed by atoms with Gasteiger partial charge >= 0.3 is 0 Å². The molecule has 3 heterocycles. The largest absolute Gasteiger partial charge is 0.378 e. The van der Waals surface area contributed by atoms with Crippen LogP contribution in [0.3, 0.4) is 0 Å². The molecule has 7 nitrogen and oxygen atoms in total. The lowest BCUT2D eigenvalue weighted by Crippen LogP contribution is -2.48. The van der Waals surface area contributed by atoms with Crippen molar-refractivity contribution in [3.05, 3.63) is 35.7 Å². The van der Waals surface area contributed by atoms with Gasteiger partial charge in [0, 0.05) is 25.2 Å². The molecule has 1 aromatic heterocycles. The van der Waals surface area contributed by atoms with Gasteiger partial charge in [-0.15, -0.1) is 0 Å². The molecule has 0 saturated carbocycles. The number of hydrogen-bond donors (Lipinski definition) is 0. The molecule has 162 valence electrons. The van der Waals surface area contributed by atoms with Crippen LogP contribution in [0.5, 0.6) is 0 Å². The second kappa shape index (κ2) is 8.86. The van der Waals surface area contributed by atoms with Crippen LogP contribution in [0.25, 0.3) is 11.4 Å². The van der Waals surface area contributed by atoms with Crippen molar-refractivity contribution in [3.63, 3.8) is 0 Å². The SMILES string of the molecule is CC(C)(C)c1ccc(-c2noc(CN3CCCC(C(=O)N4CCOCC4)C3)n2)cc1. The number of ether oxygens (including phenoxy) is 1. The van der Waals surface area contributed by atoms with E-state index in [4.69, 9.17) is 9.26 Å². The highest BCUT2D eigenvalue weighted by molar-refractivity contribution is 5.79. The molecule has 30 heavy (non-hydrogen) atoms. The number of carbonyl (C=O) groups is 1. The minimum atomic E-state index is 0.0455. The number of morpholine rings is 1. The van der Waals surface area contributed by atoms with Crippen molar-refractivity contribution in [3.8, 4) is 11.4 Å². The fraction of sp³-hybridized carbons (Fsp3) is 0.609. The summed E-state index contributed by atoms with van der Waals surface area (Å²) < 4.78 is 10.9. The zero-order valence-electron chi connectivity index (χ0n) is 18.3. The Labute approximate surface area is 178 Å². The second-order valence-corrected chi connectivity index (χ2v) is 9.35. The van der Waals surface area contributed by atoms with E-state index < -0.39 is 0 Å². The summed E-state index contributed by atoms with van der Waals surface area (Å²) in [4.78, 5) is 21.6. The quantitative estimate of drug-likeness (QED) is 0.768. The molecule has 0 N–H and O–H groups in total. The molecule has 2 saturated heterocycles. The molecule has 2 fully saturated rings. The Balaban J connectivity index is 1.36. The molecule has 1 unspecified atom stereocenters. The first-order valence-electron chi connectivity index (χ1n) is 10.9. The highest BCUT2D eigenvalue weighted by Gasteiger charge is 2.30. The minimum absolute atomic E-state index is 0.0455. The van der Waals surface area contributed by atoms with Crippen LogP contribution < -0.4 is 0 Å². The first-order valence-corrected chi connectivity index (χ1v) is 10.9. The molecule has 7 heteroatoms. The van der Waals surface area contributed by atoms with Crippen molar-refractivity contribution >= 4 is 5.91 Å². The first kappa shape index (κ1) is 21.0. The third-order valence-electron chi connectivity index (χ3n) is 6.01. The summed E-state index contributed by atoms with van der Waals surface area (Å²) in [5, 5.41) is 4.17. The van der Waals surface area contributed by atoms with Crippen LogP contribution in [0.1, 0.15) is 45.1 Å². The summed E-state index contributed by atoms with van der Waals surface area (Å²) in [7, 11) is 0. The van der Waals surface area contributed by atoms with Crippen molar-refractivity contribution < 1.29 is 14.1 Å². The van der Waals surface area contributed by atoms with Crippen LogP contribution in [-0.4, -0.2) is 65.2 Å². The van der Waals surface area contributed by atoms with Crippen molar-refractivity contribution in [2.24, 2.45) is 5.92 Å². The van der Waals surface area contributed by atoms with E-state index in [9.17, 15) is 4.79 Å². The maximum Gasteiger partial charge on any atom is 0.241 e. The van der Waals surface area contributed by atoms with Crippen molar-refractivity contribution in [1.82, 2.24) is 19.9 Å². The Hall–Kier alpha value is -2.25. The lowest BCUT2D eigenvalue weighted by Gasteiger charge is -2.35. The minimum Gasteiger partial charge on any atom is -0.378 e. The molecule has 1 aromatic carbocycles. The predicted molar refractivity (Wildman–Crippen MR) is 114 cm³/mol. The lowest BCUT2D eigenvalue weighted by molar-refractivity contribution is -0.141. The standard InChI is InChI=1S/C23H32N4O3/c1-23(2,3)19-8-6-17(7-9-19)21-24-20(30-25-21)16-26-10-4-5-18(15-26)22(28)27-11-13-29-14-12-27/h6-9,18H,4-5,10-16H2,1-3H3. The highest BCUT2D eigenvalue weighted by atomic mass is 16.5.